The van der Waals surface area contributed by atoms with Gasteiger partial charge in [-0.25, -0.2) is 8.42 Å². The summed E-state index contributed by atoms with van der Waals surface area (Å²) in [5, 5.41) is 0. The Bertz CT molecular complexity index is 670. The van der Waals surface area contributed by atoms with Crippen molar-refractivity contribution in [3.63, 3.8) is 0 Å². The first-order valence-electron chi connectivity index (χ1n) is 8.20. The number of hydrogen-bond acceptors (Lipinski definition) is 4. The van der Waals surface area contributed by atoms with E-state index in [2.05, 4.69) is 0 Å². The number of sulfonamides is 1. The number of carbonyl (C=O) groups excluding carboxylic acids is 1. The summed E-state index contributed by atoms with van der Waals surface area (Å²) >= 11 is 0. The van der Waals surface area contributed by atoms with Crippen molar-refractivity contribution in [3.05, 3.63) is 24.3 Å². The maximum atomic E-state index is 12.7. The SMILES string of the molecule is CCC(=O)N1CCN(S(=O)(=O)c2ccc(OC(C)(C)C)cc2)CC1. The lowest BCUT2D eigenvalue weighted by atomic mass is 10.2. The van der Waals surface area contributed by atoms with Gasteiger partial charge in [-0.05, 0) is 45.0 Å². The van der Waals surface area contributed by atoms with Crippen LogP contribution in [0.3, 0.4) is 0 Å². The second kappa shape index (κ2) is 7.11. The van der Waals surface area contributed by atoms with Crippen molar-refractivity contribution in [2.45, 2.75) is 44.6 Å². The highest BCUT2D eigenvalue weighted by Gasteiger charge is 2.29. The lowest BCUT2D eigenvalue weighted by Gasteiger charge is -2.34. The Morgan fingerprint density at radius 1 is 1.08 bits per heavy atom. The third kappa shape index (κ3) is 4.48. The molecule has 0 aromatic heterocycles. The van der Waals surface area contributed by atoms with Crippen LogP contribution in [0.5, 0.6) is 5.75 Å². The predicted octanol–water partition coefficient (Wildman–Crippen LogP) is 2.11. The summed E-state index contributed by atoms with van der Waals surface area (Å²) in [5.74, 6) is 0.704. The van der Waals surface area contributed by atoms with Gasteiger partial charge in [-0.2, -0.15) is 4.31 Å². The van der Waals surface area contributed by atoms with Crippen LogP contribution in [0.1, 0.15) is 34.1 Å². The lowest BCUT2D eigenvalue weighted by Crippen LogP contribution is -2.50. The molecule has 134 valence electrons. The number of carbonyl (C=O) groups is 1. The molecule has 0 saturated carbocycles. The predicted molar refractivity (Wildman–Crippen MR) is 92.5 cm³/mol. The van der Waals surface area contributed by atoms with E-state index in [1.54, 1.807) is 29.2 Å². The number of ether oxygens (including phenoxy) is 1. The van der Waals surface area contributed by atoms with E-state index in [9.17, 15) is 13.2 Å². The molecule has 0 atom stereocenters. The Morgan fingerprint density at radius 3 is 2.08 bits per heavy atom. The zero-order valence-electron chi connectivity index (χ0n) is 14.8. The Labute approximate surface area is 144 Å². The first kappa shape index (κ1) is 18.7. The van der Waals surface area contributed by atoms with E-state index in [4.69, 9.17) is 4.74 Å². The fourth-order valence-corrected chi connectivity index (χ4v) is 4.01. The van der Waals surface area contributed by atoms with Gasteiger partial charge in [-0.1, -0.05) is 6.92 Å². The van der Waals surface area contributed by atoms with Crippen LogP contribution < -0.4 is 4.74 Å². The molecule has 1 heterocycles. The average molecular weight is 354 g/mol. The smallest absolute Gasteiger partial charge is 0.243 e. The van der Waals surface area contributed by atoms with E-state index in [0.29, 0.717) is 38.3 Å². The molecule has 0 bridgehead atoms. The van der Waals surface area contributed by atoms with E-state index in [-0.39, 0.29) is 16.4 Å². The molecule has 1 aliphatic heterocycles. The van der Waals surface area contributed by atoms with Crippen molar-refractivity contribution >= 4 is 15.9 Å². The van der Waals surface area contributed by atoms with Crippen LogP contribution in [-0.2, 0) is 14.8 Å². The van der Waals surface area contributed by atoms with E-state index in [0.717, 1.165) is 0 Å². The molecule has 1 fully saturated rings. The molecule has 24 heavy (non-hydrogen) atoms. The first-order valence-corrected chi connectivity index (χ1v) is 9.64. The minimum Gasteiger partial charge on any atom is -0.488 e. The van der Waals surface area contributed by atoms with Crippen LogP contribution in [0.25, 0.3) is 0 Å². The fraction of sp³-hybridized carbons (Fsp3) is 0.588. The number of amides is 1. The Balaban J connectivity index is 2.07. The summed E-state index contributed by atoms with van der Waals surface area (Å²) in [6.45, 7) is 9.17. The highest BCUT2D eigenvalue weighted by Crippen LogP contribution is 2.23. The second-order valence-electron chi connectivity index (χ2n) is 6.82. The van der Waals surface area contributed by atoms with Gasteiger partial charge in [0.05, 0.1) is 4.90 Å². The van der Waals surface area contributed by atoms with Gasteiger partial charge < -0.3 is 9.64 Å². The fourth-order valence-electron chi connectivity index (χ4n) is 2.58. The molecule has 0 spiro atoms. The van der Waals surface area contributed by atoms with Gasteiger partial charge in [0.2, 0.25) is 15.9 Å². The number of benzene rings is 1. The molecule has 0 aliphatic carbocycles. The van der Waals surface area contributed by atoms with E-state index >= 15 is 0 Å². The number of piperazine rings is 1. The molecule has 0 radical (unpaired) electrons. The van der Waals surface area contributed by atoms with Gasteiger partial charge >= 0.3 is 0 Å². The van der Waals surface area contributed by atoms with Crippen LogP contribution in [0.4, 0.5) is 0 Å². The second-order valence-corrected chi connectivity index (χ2v) is 8.76. The summed E-state index contributed by atoms with van der Waals surface area (Å²) in [6, 6.07) is 6.49. The number of nitrogens with zero attached hydrogens (tertiary/aromatic N) is 2. The van der Waals surface area contributed by atoms with Crippen molar-refractivity contribution < 1.29 is 17.9 Å². The highest BCUT2D eigenvalue weighted by molar-refractivity contribution is 7.89. The minimum atomic E-state index is -3.54. The normalized spacial score (nSPS) is 16.9. The van der Waals surface area contributed by atoms with Gasteiger partial charge in [-0.15, -0.1) is 0 Å². The van der Waals surface area contributed by atoms with E-state index < -0.39 is 10.0 Å². The van der Waals surface area contributed by atoms with Crippen LogP contribution in [0, 0.1) is 0 Å². The highest BCUT2D eigenvalue weighted by atomic mass is 32.2. The molecule has 6 nitrogen and oxygen atoms in total. The van der Waals surface area contributed by atoms with Crippen LogP contribution >= 0.6 is 0 Å². The molecule has 1 aliphatic rings. The van der Waals surface area contributed by atoms with Crippen molar-refractivity contribution in [1.82, 2.24) is 9.21 Å². The van der Waals surface area contributed by atoms with Gasteiger partial charge in [0.1, 0.15) is 11.4 Å². The standard InChI is InChI=1S/C17H26N2O4S/c1-5-16(20)18-10-12-19(13-11-18)24(21,22)15-8-6-14(7-9-15)23-17(2,3)4/h6-9H,5,10-13H2,1-4H3. The maximum Gasteiger partial charge on any atom is 0.243 e. The third-order valence-electron chi connectivity index (χ3n) is 3.78. The molecule has 1 saturated heterocycles. The zero-order valence-corrected chi connectivity index (χ0v) is 15.6. The topological polar surface area (TPSA) is 66.9 Å². The van der Waals surface area contributed by atoms with Gasteiger partial charge in [-0.3, -0.25) is 4.79 Å². The molecule has 1 aromatic rings. The molecule has 0 N–H and O–H groups in total. The molecule has 1 amide bonds. The molecular weight excluding hydrogens is 328 g/mol. The zero-order chi connectivity index (χ0) is 18.0. The van der Waals surface area contributed by atoms with Gasteiger partial charge in [0.15, 0.2) is 0 Å². The van der Waals surface area contributed by atoms with Crippen LogP contribution in [0.2, 0.25) is 0 Å². The first-order chi connectivity index (χ1) is 11.1. The third-order valence-corrected chi connectivity index (χ3v) is 5.69. The molecule has 0 unspecified atom stereocenters. The average Bonchev–Trinajstić information content (AvgIpc) is 2.53. The Morgan fingerprint density at radius 2 is 1.62 bits per heavy atom. The number of rotatable bonds is 4. The van der Waals surface area contributed by atoms with Crippen molar-refractivity contribution in [1.29, 1.82) is 0 Å². The quantitative estimate of drug-likeness (QED) is 0.830. The molecule has 7 heteroatoms. The van der Waals surface area contributed by atoms with Crippen LogP contribution in [0.15, 0.2) is 29.2 Å². The Hall–Kier alpha value is -1.60. The monoisotopic (exact) mass is 354 g/mol. The van der Waals surface area contributed by atoms with Crippen molar-refractivity contribution in [3.8, 4) is 5.75 Å². The molecule has 1 aromatic carbocycles. The minimum absolute atomic E-state index is 0.0655. The Kier molecular flexibility index (Phi) is 5.55. The summed E-state index contributed by atoms with van der Waals surface area (Å²) in [6.07, 6.45) is 0.446. The summed E-state index contributed by atoms with van der Waals surface area (Å²) in [7, 11) is -3.54. The van der Waals surface area contributed by atoms with Gasteiger partial charge in [0.25, 0.3) is 0 Å². The number of hydrogen-bond donors (Lipinski definition) is 0. The van der Waals surface area contributed by atoms with Gasteiger partial charge in [0, 0.05) is 32.6 Å². The maximum absolute atomic E-state index is 12.7. The molecular formula is C17H26N2O4S. The van der Waals surface area contributed by atoms with E-state index in [1.807, 2.05) is 27.7 Å². The van der Waals surface area contributed by atoms with Crippen molar-refractivity contribution in [2.75, 3.05) is 26.2 Å². The summed E-state index contributed by atoms with van der Waals surface area (Å²) in [5.41, 5.74) is -0.331. The summed E-state index contributed by atoms with van der Waals surface area (Å²) in [4.78, 5) is 13.7. The molecule has 2 rings (SSSR count). The van der Waals surface area contributed by atoms with E-state index in [1.165, 1.54) is 4.31 Å². The largest absolute Gasteiger partial charge is 0.488 e. The lowest BCUT2D eigenvalue weighted by molar-refractivity contribution is -0.132. The van der Waals surface area contributed by atoms with Crippen LogP contribution in [-0.4, -0.2) is 55.3 Å². The van der Waals surface area contributed by atoms with Crippen molar-refractivity contribution in [2.24, 2.45) is 0 Å². The summed E-state index contributed by atoms with van der Waals surface area (Å²) < 4.78 is 32.6.